The van der Waals surface area contributed by atoms with Crippen molar-refractivity contribution < 1.29 is 9.47 Å². The van der Waals surface area contributed by atoms with Gasteiger partial charge in [-0.1, -0.05) is 0 Å². The van der Waals surface area contributed by atoms with Crippen LogP contribution in [0, 0.1) is 0 Å². The summed E-state index contributed by atoms with van der Waals surface area (Å²) >= 11 is 1.97. The van der Waals surface area contributed by atoms with E-state index in [1.165, 1.54) is 5.75 Å². The molecule has 84 valence electrons. The molecule has 14 heavy (non-hydrogen) atoms. The first-order valence-electron chi connectivity index (χ1n) is 5.25. The van der Waals surface area contributed by atoms with Gasteiger partial charge in [-0.3, -0.25) is 0 Å². The van der Waals surface area contributed by atoms with Crippen molar-refractivity contribution in [1.82, 2.24) is 4.90 Å². The van der Waals surface area contributed by atoms with Crippen molar-refractivity contribution in [3.8, 4) is 0 Å². The van der Waals surface area contributed by atoms with E-state index in [0.717, 1.165) is 38.4 Å². The molecule has 0 aromatic carbocycles. The summed E-state index contributed by atoms with van der Waals surface area (Å²) in [6.07, 6.45) is 2.14. The molecule has 1 saturated heterocycles. The van der Waals surface area contributed by atoms with Gasteiger partial charge in [0.1, 0.15) is 0 Å². The van der Waals surface area contributed by atoms with Crippen molar-refractivity contribution in [3.05, 3.63) is 0 Å². The highest BCUT2D eigenvalue weighted by Gasteiger charge is 2.12. The van der Waals surface area contributed by atoms with Crippen LogP contribution in [0.15, 0.2) is 0 Å². The third kappa shape index (κ3) is 5.86. The van der Waals surface area contributed by atoms with Crippen LogP contribution < -0.4 is 0 Å². The number of ether oxygens (including phenoxy) is 2. The number of hydrogen-bond donors (Lipinski definition) is 0. The highest BCUT2D eigenvalue weighted by atomic mass is 32.2. The number of nitrogens with zero attached hydrogens (tertiary/aromatic N) is 1. The Balaban J connectivity index is 1.87. The third-order valence-electron chi connectivity index (χ3n) is 2.08. The predicted octanol–water partition coefficient (Wildman–Crippen LogP) is 1.43. The molecule has 0 spiro atoms. The quantitative estimate of drug-likeness (QED) is 0.630. The van der Waals surface area contributed by atoms with Gasteiger partial charge in [0, 0.05) is 18.7 Å². The largest absolute Gasteiger partial charge is 0.353 e. The van der Waals surface area contributed by atoms with Crippen LogP contribution in [0.4, 0.5) is 0 Å². The molecule has 4 heteroatoms. The van der Waals surface area contributed by atoms with Crippen molar-refractivity contribution in [3.63, 3.8) is 0 Å². The summed E-state index contributed by atoms with van der Waals surface area (Å²) < 4.78 is 10.9. The molecule has 0 radical (unpaired) electrons. The Morgan fingerprint density at radius 3 is 2.57 bits per heavy atom. The van der Waals surface area contributed by atoms with Gasteiger partial charge < -0.3 is 14.4 Å². The second kappa shape index (κ2) is 7.51. The van der Waals surface area contributed by atoms with Gasteiger partial charge in [-0.25, -0.2) is 0 Å². The summed E-state index contributed by atoms with van der Waals surface area (Å²) in [5.74, 6) is 2.33. The zero-order valence-electron chi connectivity index (χ0n) is 9.20. The number of rotatable bonds is 6. The molecule has 0 aliphatic carbocycles. The maximum absolute atomic E-state index is 5.46. The first kappa shape index (κ1) is 12.3. The lowest BCUT2D eigenvalue weighted by Crippen LogP contribution is -2.25. The second-order valence-corrected chi connectivity index (χ2v) is 4.95. The fraction of sp³-hybridized carbons (Fsp3) is 1.00. The van der Waals surface area contributed by atoms with Gasteiger partial charge in [-0.2, -0.15) is 11.8 Å². The van der Waals surface area contributed by atoms with Crippen LogP contribution in [-0.4, -0.2) is 56.5 Å². The SMILES string of the molecule is CN(C)CCSCCC1OCCCO1. The van der Waals surface area contributed by atoms with E-state index in [0.29, 0.717) is 0 Å². The fourth-order valence-corrected chi connectivity index (χ4v) is 2.29. The first-order valence-corrected chi connectivity index (χ1v) is 6.40. The van der Waals surface area contributed by atoms with Gasteiger partial charge in [-0.05, 0) is 26.3 Å². The van der Waals surface area contributed by atoms with E-state index in [-0.39, 0.29) is 6.29 Å². The maximum Gasteiger partial charge on any atom is 0.158 e. The zero-order chi connectivity index (χ0) is 10.2. The molecule has 1 heterocycles. The highest BCUT2D eigenvalue weighted by molar-refractivity contribution is 7.99. The molecule has 0 aromatic heterocycles. The molecule has 0 N–H and O–H groups in total. The Morgan fingerprint density at radius 2 is 1.93 bits per heavy atom. The molecule has 0 saturated carbocycles. The summed E-state index contributed by atoms with van der Waals surface area (Å²) in [4.78, 5) is 2.21. The molecule has 0 aromatic rings. The summed E-state index contributed by atoms with van der Waals surface area (Å²) in [6.45, 7) is 2.89. The van der Waals surface area contributed by atoms with Gasteiger partial charge in [0.2, 0.25) is 0 Å². The maximum atomic E-state index is 5.46. The predicted molar refractivity (Wildman–Crippen MR) is 60.8 cm³/mol. The number of thioether (sulfide) groups is 1. The van der Waals surface area contributed by atoms with Crippen molar-refractivity contribution in [2.75, 3.05) is 45.4 Å². The Morgan fingerprint density at radius 1 is 1.21 bits per heavy atom. The normalized spacial score (nSPS) is 19.1. The molecule has 1 rings (SSSR count). The van der Waals surface area contributed by atoms with Crippen molar-refractivity contribution in [1.29, 1.82) is 0 Å². The number of hydrogen-bond acceptors (Lipinski definition) is 4. The van der Waals surface area contributed by atoms with Gasteiger partial charge in [-0.15, -0.1) is 0 Å². The van der Waals surface area contributed by atoms with Gasteiger partial charge in [0.25, 0.3) is 0 Å². The molecule has 1 aliphatic heterocycles. The molecule has 0 amide bonds. The van der Waals surface area contributed by atoms with E-state index in [9.17, 15) is 0 Å². The third-order valence-corrected chi connectivity index (χ3v) is 3.07. The van der Waals surface area contributed by atoms with E-state index < -0.39 is 0 Å². The smallest absolute Gasteiger partial charge is 0.158 e. The van der Waals surface area contributed by atoms with Crippen LogP contribution in [0.25, 0.3) is 0 Å². The van der Waals surface area contributed by atoms with Crippen molar-refractivity contribution in [2.45, 2.75) is 19.1 Å². The molecular weight excluding hydrogens is 198 g/mol. The van der Waals surface area contributed by atoms with E-state index in [4.69, 9.17) is 9.47 Å². The molecule has 1 aliphatic rings. The summed E-state index contributed by atoms with van der Waals surface area (Å²) in [6, 6.07) is 0. The minimum absolute atomic E-state index is 0.0654. The van der Waals surface area contributed by atoms with Crippen LogP contribution in [0.5, 0.6) is 0 Å². The van der Waals surface area contributed by atoms with Crippen molar-refractivity contribution in [2.24, 2.45) is 0 Å². The van der Waals surface area contributed by atoms with E-state index >= 15 is 0 Å². The van der Waals surface area contributed by atoms with Crippen LogP contribution in [0.1, 0.15) is 12.8 Å². The van der Waals surface area contributed by atoms with Crippen LogP contribution >= 0.6 is 11.8 Å². The van der Waals surface area contributed by atoms with Crippen molar-refractivity contribution >= 4 is 11.8 Å². The molecule has 3 nitrogen and oxygen atoms in total. The van der Waals surface area contributed by atoms with Gasteiger partial charge in [0.05, 0.1) is 13.2 Å². The molecule has 0 unspecified atom stereocenters. The standard InChI is InChI=1S/C10H21NO2S/c1-11(2)5-9-14-8-4-10-12-6-3-7-13-10/h10H,3-9H2,1-2H3. The molecular formula is C10H21NO2S. The van der Waals surface area contributed by atoms with Gasteiger partial charge in [0.15, 0.2) is 6.29 Å². The first-order chi connectivity index (χ1) is 6.79. The zero-order valence-corrected chi connectivity index (χ0v) is 10.0. The van der Waals surface area contributed by atoms with Crippen LogP contribution in [-0.2, 0) is 9.47 Å². The average molecular weight is 219 g/mol. The lowest BCUT2D eigenvalue weighted by molar-refractivity contribution is -0.178. The Kier molecular flexibility index (Phi) is 6.60. The van der Waals surface area contributed by atoms with E-state index in [1.54, 1.807) is 0 Å². The van der Waals surface area contributed by atoms with Gasteiger partial charge >= 0.3 is 0 Å². The minimum atomic E-state index is 0.0654. The summed E-state index contributed by atoms with van der Waals surface area (Å²) in [7, 11) is 4.21. The monoisotopic (exact) mass is 219 g/mol. The van der Waals surface area contributed by atoms with Crippen LogP contribution in [0.3, 0.4) is 0 Å². The van der Waals surface area contributed by atoms with Crippen LogP contribution in [0.2, 0.25) is 0 Å². The Labute approximate surface area is 91.1 Å². The minimum Gasteiger partial charge on any atom is -0.353 e. The lowest BCUT2D eigenvalue weighted by atomic mass is 10.4. The van der Waals surface area contributed by atoms with E-state index in [2.05, 4.69) is 19.0 Å². The second-order valence-electron chi connectivity index (χ2n) is 3.73. The fourth-order valence-electron chi connectivity index (χ4n) is 1.23. The summed E-state index contributed by atoms with van der Waals surface area (Å²) in [5, 5.41) is 0. The molecule has 0 bridgehead atoms. The lowest BCUT2D eigenvalue weighted by Gasteiger charge is -2.22. The topological polar surface area (TPSA) is 21.7 Å². The highest BCUT2D eigenvalue weighted by Crippen LogP contribution is 2.12. The van der Waals surface area contributed by atoms with E-state index in [1.807, 2.05) is 11.8 Å². The molecule has 1 fully saturated rings. The molecule has 0 atom stereocenters. The Hall–Kier alpha value is 0.230. The Bertz CT molecular complexity index is 138. The average Bonchev–Trinajstić information content (AvgIpc) is 2.18. The summed E-state index contributed by atoms with van der Waals surface area (Å²) in [5.41, 5.74) is 0.